The summed E-state index contributed by atoms with van der Waals surface area (Å²) in [5.41, 5.74) is 1.57. The Bertz CT molecular complexity index is 659. The van der Waals surface area contributed by atoms with Gasteiger partial charge in [-0.25, -0.2) is 0 Å². The van der Waals surface area contributed by atoms with Crippen LogP contribution >= 0.6 is 24.0 Å². The van der Waals surface area contributed by atoms with Crippen molar-refractivity contribution in [3.8, 4) is 0 Å². The van der Waals surface area contributed by atoms with Crippen LogP contribution in [0.5, 0.6) is 0 Å². The number of ether oxygens (including phenoxy) is 1. The highest BCUT2D eigenvalue weighted by Gasteiger charge is 2.38. The number of guanidine groups is 1. The number of aliphatic imine (C=N–C) groups is 1. The predicted molar refractivity (Wildman–Crippen MR) is 135 cm³/mol. The Balaban J connectivity index is 0.00000256. The van der Waals surface area contributed by atoms with E-state index in [0.717, 1.165) is 58.3 Å². The molecule has 7 heteroatoms. The van der Waals surface area contributed by atoms with Gasteiger partial charge in [-0.3, -0.25) is 9.89 Å². The lowest BCUT2D eigenvalue weighted by atomic mass is 9.80. The molecule has 3 aliphatic rings. The minimum absolute atomic E-state index is 0. The molecule has 2 N–H and O–H groups in total. The Morgan fingerprint density at radius 1 is 1.10 bits per heavy atom. The van der Waals surface area contributed by atoms with Crippen molar-refractivity contribution in [3.63, 3.8) is 0 Å². The van der Waals surface area contributed by atoms with Crippen molar-refractivity contribution in [2.75, 3.05) is 57.9 Å². The van der Waals surface area contributed by atoms with Crippen LogP contribution in [0.15, 0.2) is 35.3 Å². The van der Waals surface area contributed by atoms with Crippen LogP contribution in [0.25, 0.3) is 0 Å². The van der Waals surface area contributed by atoms with Crippen LogP contribution < -0.4 is 15.5 Å². The second-order valence-corrected chi connectivity index (χ2v) is 8.72. The van der Waals surface area contributed by atoms with Crippen LogP contribution in [0.4, 0.5) is 5.69 Å². The summed E-state index contributed by atoms with van der Waals surface area (Å²) in [5, 5.41) is 7.38. The SMILES string of the molecule is CN=C(NCC1(N2CCOCC2)CCCCC1)NC1CCN(c2ccccc2)C1.I. The summed E-state index contributed by atoms with van der Waals surface area (Å²) in [6, 6.07) is 11.1. The summed E-state index contributed by atoms with van der Waals surface area (Å²) in [6.07, 6.45) is 7.74. The van der Waals surface area contributed by atoms with Crippen LogP contribution in [0.2, 0.25) is 0 Å². The van der Waals surface area contributed by atoms with Crippen molar-refractivity contribution in [3.05, 3.63) is 30.3 Å². The third-order valence-electron chi connectivity index (χ3n) is 6.93. The molecule has 1 aromatic rings. The first-order valence-corrected chi connectivity index (χ1v) is 11.4. The molecule has 1 unspecified atom stereocenters. The van der Waals surface area contributed by atoms with E-state index in [2.05, 4.69) is 55.8 Å². The molecule has 6 nitrogen and oxygen atoms in total. The number of morpholine rings is 1. The van der Waals surface area contributed by atoms with Gasteiger partial charge in [0.2, 0.25) is 0 Å². The molecule has 2 heterocycles. The molecule has 3 fully saturated rings. The van der Waals surface area contributed by atoms with E-state index in [0.29, 0.717) is 6.04 Å². The average Bonchev–Trinajstić information content (AvgIpc) is 3.27. The van der Waals surface area contributed by atoms with Crippen molar-refractivity contribution >= 4 is 35.6 Å². The molecule has 1 saturated carbocycles. The number of hydrogen-bond acceptors (Lipinski definition) is 4. The van der Waals surface area contributed by atoms with Gasteiger partial charge in [-0.05, 0) is 31.4 Å². The molecule has 0 bridgehead atoms. The maximum Gasteiger partial charge on any atom is 0.191 e. The maximum absolute atomic E-state index is 5.61. The summed E-state index contributed by atoms with van der Waals surface area (Å²) < 4.78 is 5.61. The van der Waals surface area contributed by atoms with Gasteiger partial charge in [-0.15, -0.1) is 24.0 Å². The van der Waals surface area contributed by atoms with Crippen LogP contribution in [0.3, 0.4) is 0 Å². The van der Waals surface area contributed by atoms with Crippen molar-refractivity contribution in [1.82, 2.24) is 15.5 Å². The Kier molecular flexibility index (Phi) is 9.07. The highest BCUT2D eigenvalue weighted by atomic mass is 127. The number of halogens is 1. The van der Waals surface area contributed by atoms with Crippen LogP contribution in [-0.2, 0) is 4.74 Å². The number of rotatable bonds is 5. The molecule has 1 aliphatic carbocycles. The second kappa shape index (κ2) is 11.5. The minimum atomic E-state index is 0. The van der Waals surface area contributed by atoms with E-state index in [1.807, 2.05) is 7.05 Å². The molecule has 4 rings (SSSR count). The second-order valence-electron chi connectivity index (χ2n) is 8.72. The summed E-state index contributed by atoms with van der Waals surface area (Å²) >= 11 is 0. The molecule has 2 saturated heterocycles. The Hall–Kier alpha value is -1.06. The summed E-state index contributed by atoms with van der Waals surface area (Å²) in [5.74, 6) is 0.947. The summed E-state index contributed by atoms with van der Waals surface area (Å²) in [4.78, 5) is 9.69. The Labute approximate surface area is 198 Å². The van der Waals surface area contributed by atoms with E-state index in [1.54, 1.807) is 0 Å². The van der Waals surface area contributed by atoms with Gasteiger partial charge in [0.15, 0.2) is 5.96 Å². The first-order valence-electron chi connectivity index (χ1n) is 11.4. The fourth-order valence-electron chi connectivity index (χ4n) is 5.24. The zero-order valence-electron chi connectivity index (χ0n) is 18.3. The van der Waals surface area contributed by atoms with Gasteiger partial charge in [0.05, 0.1) is 13.2 Å². The quantitative estimate of drug-likeness (QED) is 0.350. The molecule has 1 aromatic carbocycles. The topological polar surface area (TPSA) is 52.1 Å². The standard InChI is InChI=1S/C23H37N5O.HI/c1-24-22(26-20-10-13-27(18-20)21-8-4-2-5-9-21)25-19-23(11-6-3-7-12-23)28-14-16-29-17-15-28;/h2,4-5,8-9,20H,3,6-7,10-19H2,1H3,(H2,24,25,26);1H. The molecule has 2 aliphatic heterocycles. The molecule has 0 spiro atoms. The molecule has 1 atom stereocenters. The van der Waals surface area contributed by atoms with E-state index in [4.69, 9.17) is 4.74 Å². The Morgan fingerprint density at radius 2 is 1.83 bits per heavy atom. The van der Waals surface area contributed by atoms with Crippen molar-refractivity contribution in [1.29, 1.82) is 0 Å². The van der Waals surface area contributed by atoms with E-state index in [1.165, 1.54) is 37.8 Å². The predicted octanol–water partition coefficient (Wildman–Crippen LogP) is 3.08. The van der Waals surface area contributed by atoms with E-state index in [9.17, 15) is 0 Å². The summed E-state index contributed by atoms with van der Waals surface area (Å²) in [6.45, 7) is 6.94. The monoisotopic (exact) mass is 527 g/mol. The number of hydrogen-bond donors (Lipinski definition) is 2. The maximum atomic E-state index is 5.61. The number of para-hydroxylation sites is 1. The normalized spacial score (nSPS) is 24.9. The lowest BCUT2D eigenvalue weighted by molar-refractivity contribution is -0.0352. The lowest BCUT2D eigenvalue weighted by Crippen LogP contribution is -2.61. The molecular formula is C23H38IN5O. The molecule has 30 heavy (non-hydrogen) atoms. The van der Waals surface area contributed by atoms with Gasteiger partial charge in [-0.2, -0.15) is 0 Å². The fourth-order valence-corrected chi connectivity index (χ4v) is 5.24. The van der Waals surface area contributed by atoms with E-state index in [-0.39, 0.29) is 29.5 Å². The number of nitrogens with one attached hydrogen (secondary N) is 2. The molecule has 168 valence electrons. The van der Waals surface area contributed by atoms with Crippen LogP contribution in [0.1, 0.15) is 38.5 Å². The van der Waals surface area contributed by atoms with Crippen molar-refractivity contribution in [2.24, 2.45) is 4.99 Å². The van der Waals surface area contributed by atoms with Crippen molar-refractivity contribution in [2.45, 2.75) is 50.1 Å². The highest BCUT2D eigenvalue weighted by molar-refractivity contribution is 14.0. The smallest absolute Gasteiger partial charge is 0.191 e. The average molecular weight is 527 g/mol. The third-order valence-corrected chi connectivity index (χ3v) is 6.93. The van der Waals surface area contributed by atoms with Gasteiger partial charge in [0.25, 0.3) is 0 Å². The molecule has 0 radical (unpaired) electrons. The summed E-state index contributed by atoms with van der Waals surface area (Å²) in [7, 11) is 1.89. The number of nitrogens with zero attached hydrogens (tertiary/aromatic N) is 3. The lowest BCUT2D eigenvalue weighted by Gasteiger charge is -2.48. The fraction of sp³-hybridized carbons (Fsp3) is 0.696. The Morgan fingerprint density at radius 3 is 2.53 bits per heavy atom. The third kappa shape index (κ3) is 5.79. The number of benzene rings is 1. The van der Waals surface area contributed by atoms with E-state index >= 15 is 0 Å². The zero-order valence-corrected chi connectivity index (χ0v) is 20.6. The van der Waals surface area contributed by atoms with Gasteiger partial charge in [-0.1, -0.05) is 37.5 Å². The van der Waals surface area contributed by atoms with Gasteiger partial charge in [0, 0.05) is 57.0 Å². The van der Waals surface area contributed by atoms with Crippen molar-refractivity contribution < 1.29 is 4.74 Å². The molecule has 0 aromatic heterocycles. The minimum Gasteiger partial charge on any atom is -0.379 e. The highest BCUT2D eigenvalue weighted by Crippen LogP contribution is 2.33. The molecule has 0 amide bonds. The van der Waals surface area contributed by atoms with Gasteiger partial charge < -0.3 is 20.3 Å². The van der Waals surface area contributed by atoms with Gasteiger partial charge >= 0.3 is 0 Å². The van der Waals surface area contributed by atoms with Gasteiger partial charge in [0.1, 0.15) is 0 Å². The molecular weight excluding hydrogens is 489 g/mol. The zero-order chi connectivity index (χ0) is 19.9. The number of anilines is 1. The van der Waals surface area contributed by atoms with Crippen LogP contribution in [-0.4, -0.2) is 75.4 Å². The van der Waals surface area contributed by atoms with Crippen LogP contribution in [0, 0.1) is 0 Å². The first-order chi connectivity index (χ1) is 14.3. The first kappa shape index (κ1) is 23.6. The van der Waals surface area contributed by atoms with E-state index < -0.39 is 0 Å². The largest absolute Gasteiger partial charge is 0.379 e.